The Morgan fingerprint density at radius 1 is 1.24 bits per heavy atom. The summed E-state index contributed by atoms with van der Waals surface area (Å²) in [6, 6.07) is 11.5. The van der Waals surface area contributed by atoms with E-state index in [4.69, 9.17) is 4.74 Å². The molecule has 2 aromatic heterocycles. The van der Waals surface area contributed by atoms with Gasteiger partial charge >= 0.3 is 5.97 Å². The lowest BCUT2D eigenvalue weighted by atomic mass is 10.1. The van der Waals surface area contributed by atoms with Crippen LogP contribution in [0.15, 0.2) is 53.4 Å². The van der Waals surface area contributed by atoms with Crippen LogP contribution in [0, 0.1) is 6.92 Å². The Balaban J connectivity index is 1.72. The van der Waals surface area contributed by atoms with Crippen molar-refractivity contribution in [2.75, 3.05) is 0 Å². The number of ether oxygens (including phenoxy) is 1. The molecular weight excluding hydrogens is 382 g/mol. The van der Waals surface area contributed by atoms with Gasteiger partial charge in [0.05, 0.1) is 17.6 Å². The largest absolute Gasteiger partial charge is 0.420 e. The van der Waals surface area contributed by atoms with Crippen molar-refractivity contribution in [2.45, 2.75) is 25.7 Å². The van der Waals surface area contributed by atoms with Gasteiger partial charge < -0.3 is 4.74 Å². The van der Waals surface area contributed by atoms with Gasteiger partial charge in [0.25, 0.3) is 0 Å². The fourth-order valence-corrected chi connectivity index (χ4v) is 3.19. The number of hydrogen-bond acceptors (Lipinski definition) is 4. The molecular formula is C19H16BrN3O2. The number of nitrogens with zero attached hydrogens (tertiary/aromatic N) is 3. The maximum absolute atomic E-state index is 12.7. The summed E-state index contributed by atoms with van der Waals surface area (Å²) >= 11 is 3.30. The van der Waals surface area contributed by atoms with E-state index in [0.717, 1.165) is 29.8 Å². The topological polar surface area (TPSA) is 57.0 Å². The van der Waals surface area contributed by atoms with Crippen LogP contribution in [0.5, 0.6) is 5.75 Å². The quantitative estimate of drug-likeness (QED) is 0.482. The number of pyridine rings is 1. The summed E-state index contributed by atoms with van der Waals surface area (Å²) in [5.41, 5.74) is 3.55. The van der Waals surface area contributed by atoms with Gasteiger partial charge in [-0.3, -0.25) is 0 Å². The Labute approximate surface area is 153 Å². The van der Waals surface area contributed by atoms with Crippen molar-refractivity contribution in [3.63, 3.8) is 0 Å². The Hall–Kier alpha value is -2.47. The first-order chi connectivity index (χ1) is 12.1. The molecule has 0 N–H and O–H groups in total. The Morgan fingerprint density at radius 3 is 2.76 bits per heavy atom. The van der Waals surface area contributed by atoms with E-state index in [1.807, 2.05) is 35.9 Å². The molecule has 1 saturated carbocycles. The van der Waals surface area contributed by atoms with E-state index in [0.29, 0.717) is 21.8 Å². The molecule has 0 amide bonds. The van der Waals surface area contributed by atoms with Gasteiger partial charge in [0.2, 0.25) is 0 Å². The number of benzene rings is 1. The second kappa shape index (κ2) is 6.44. The standard InChI is InChI=1S/C19H16BrN3O2/c1-12-5-2-3-6-15(12)23-17(13-8-9-13)14(11-22-23)19(24)25-16-7-4-10-21-18(16)20/h2-7,10-11,13H,8-9H2,1H3. The first-order valence-corrected chi connectivity index (χ1v) is 8.91. The molecule has 0 bridgehead atoms. The highest BCUT2D eigenvalue weighted by atomic mass is 79.9. The van der Waals surface area contributed by atoms with Crippen molar-refractivity contribution in [3.05, 3.63) is 70.2 Å². The van der Waals surface area contributed by atoms with Crippen LogP contribution >= 0.6 is 15.9 Å². The minimum Gasteiger partial charge on any atom is -0.420 e. The highest BCUT2D eigenvalue weighted by molar-refractivity contribution is 9.10. The predicted molar refractivity (Wildman–Crippen MR) is 97.2 cm³/mol. The van der Waals surface area contributed by atoms with Gasteiger partial charge in [0, 0.05) is 12.1 Å². The van der Waals surface area contributed by atoms with Crippen molar-refractivity contribution in [3.8, 4) is 11.4 Å². The fraction of sp³-hybridized carbons (Fsp3) is 0.211. The van der Waals surface area contributed by atoms with Gasteiger partial charge in [-0.1, -0.05) is 18.2 Å². The number of aromatic nitrogens is 3. The predicted octanol–water partition coefficient (Wildman–Crippen LogP) is 4.43. The molecule has 0 spiro atoms. The van der Waals surface area contributed by atoms with Crippen molar-refractivity contribution in [1.29, 1.82) is 0 Å². The van der Waals surface area contributed by atoms with E-state index in [1.54, 1.807) is 24.5 Å². The molecule has 1 fully saturated rings. The van der Waals surface area contributed by atoms with Crippen LogP contribution in [-0.4, -0.2) is 20.7 Å². The van der Waals surface area contributed by atoms with E-state index in [9.17, 15) is 4.79 Å². The molecule has 25 heavy (non-hydrogen) atoms. The van der Waals surface area contributed by atoms with Crippen LogP contribution in [-0.2, 0) is 0 Å². The molecule has 6 heteroatoms. The number of halogens is 1. The summed E-state index contributed by atoms with van der Waals surface area (Å²) in [7, 11) is 0. The number of rotatable bonds is 4. The lowest BCUT2D eigenvalue weighted by molar-refractivity contribution is 0.0731. The van der Waals surface area contributed by atoms with E-state index in [2.05, 4.69) is 26.0 Å². The average Bonchev–Trinajstić information content (AvgIpc) is 3.36. The van der Waals surface area contributed by atoms with Gasteiger partial charge in [-0.25, -0.2) is 14.5 Å². The summed E-state index contributed by atoms with van der Waals surface area (Å²) in [5, 5.41) is 4.48. The fourth-order valence-electron chi connectivity index (χ4n) is 2.86. The summed E-state index contributed by atoms with van der Waals surface area (Å²) < 4.78 is 7.91. The average molecular weight is 398 g/mol. The van der Waals surface area contributed by atoms with Crippen molar-refractivity contribution in [1.82, 2.24) is 14.8 Å². The second-order valence-corrected chi connectivity index (χ2v) is 6.85. The molecule has 1 aromatic carbocycles. The van der Waals surface area contributed by atoms with E-state index >= 15 is 0 Å². The van der Waals surface area contributed by atoms with Crippen LogP contribution in [0.2, 0.25) is 0 Å². The van der Waals surface area contributed by atoms with Crippen LogP contribution in [0.1, 0.15) is 40.4 Å². The molecule has 3 aromatic rings. The van der Waals surface area contributed by atoms with E-state index in [1.165, 1.54) is 0 Å². The third-order valence-corrected chi connectivity index (χ3v) is 4.86. The highest BCUT2D eigenvalue weighted by Crippen LogP contribution is 2.43. The minimum absolute atomic E-state index is 0.349. The number of aryl methyl sites for hydroxylation is 1. The zero-order valence-electron chi connectivity index (χ0n) is 13.6. The minimum atomic E-state index is -0.407. The summed E-state index contributed by atoms with van der Waals surface area (Å²) in [6.45, 7) is 2.04. The molecule has 1 aliphatic carbocycles. The number of esters is 1. The van der Waals surface area contributed by atoms with Crippen LogP contribution in [0.3, 0.4) is 0 Å². The lowest BCUT2D eigenvalue weighted by Crippen LogP contribution is -2.12. The molecule has 0 aliphatic heterocycles. The Morgan fingerprint density at radius 2 is 2.04 bits per heavy atom. The monoisotopic (exact) mass is 397 g/mol. The summed E-state index contributed by atoms with van der Waals surface area (Å²) in [5.74, 6) is 0.343. The molecule has 0 unspecified atom stereocenters. The first-order valence-electron chi connectivity index (χ1n) is 8.12. The number of carbonyl (C=O) groups excluding carboxylic acids is 1. The third kappa shape index (κ3) is 3.09. The molecule has 0 radical (unpaired) electrons. The van der Waals surface area contributed by atoms with Crippen molar-refractivity contribution < 1.29 is 9.53 Å². The maximum Gasteiger partial charge on any atom is 0.347 e. The van der Waals surface area contributed by atoms with Crippen LogP contribution in [0.25, 0.3) is 5.69 Å². The molecule has 5 nitrogen and oxygen atoms in total. The molecule has 2 heterocycles. The van der Waals surface area contributed by atoms with E-state index < -0.39 is 5.97 Å². The Kier molecular flexibility index (Phi) is 4.13. The summed E-state index contributed by atoms with van der Waals surface area (Å²) in [6.07, 6.45) is 5.36. The SMILES string of the molecule is Cc1ccccc1-n1ncc(C(=O)Oc2cccnc2Br)c1C1CC1. The van der Waals surface area contributed by atoms with Gasteiger partial charge in [0.1, 0.15) is 10.2 Å². The van der Waals surface area contributed by atoms with Gasteiger partial charge in [-0.2, -0.15) is 5.10 Å². The third-order valence-electron chi connectivity index (χ3n) is 4.26. The van der Waals surface area contributed by atoms with Gasteiger partial charge in [0.15, 0.2) is 5.75 Å². The van der Waals surface area contributed by atoms with Gasteiger partial charge in [-0.15, -0.1) is 0 Å². The zero-order chi connectivity index (χ0) is 17.4. The van der Waals surface area contributed by atoms with Crippen LogP contribution in [0.4, 0.5) is 0 Å². The summed E-state index contributed by atoms with van der Waals surface area (Å²) in [4.78, 5) is 16.8. The van der Waals surface area contributed by atoms with Crippen LogP contribution < -0.4 is 4.74 Å². The molecule has 4 rings (SSSR count). The number of carbonyl (C=O) groups is 1. The maximum atomic E-state index is 12.7. The molecule has 0 saturated heterocycles. The number of para-hydroxylation sites is 1. The first kappa shape index (κ1) is 16.0. The van der Waals surface area contributed by atoms with Gasteiger partial charge in [-0.05, 0) is 59.5 Å². The van der Waals surface area contributed by atoms with E-state index in [-0.39, 0.29) is 0 Å². The molecule has 126 valence electrons. The van der Waals surface area contributed by atoms with Crippen molar-refractivity contribution >= 4 is 21.9 Å². The zero-order valence-corrected chi connectivity index (χ0v) is 15.2. The molecule has 1 aliphatic rings. The Bertz CT molecular complexity index is 947. The smallest absolute Gasteiger partial charge is 0.347 e. The highest BCUT2D eigenvalue weighted by Gasteiger charge is 2.34. The number of hydrogen-bond donors (Lipinski definition) is 0. The van der Waals surface area contributed by atoms with Crippen molar-refractivity contribution in [2.24, 2.45) is 0 Å². The second-order valence-electron chi connectivity index (χ2n) is 6.10. The molecule has 0 atom stereocenters. The lowest BCUT2D eigenvalue weighted by Gasteiger charge is -2.11. The normalized spacial score (nSPS) is 13.7.